The number of hydrogen-bond donors (Lipinski definition) is 1. The third-order valence-electron chi connectivity index (χ3n) is 4.61. The van der Waals surface area contributed by atoms with Crippen molar-refractivity contribution in [2.45, 2.75) is 58.7 Å². The van der Waals surface area contributed by atoms with Crippen molar-refractivity contribution < 1.29 is 14.6 Å². The van der Waals surface area contributed by atoms with Crippen LogP contribution in [0.3, 0.4) is 0 Å². The van der Waals surface area contributed by atoms with E-state index in [1.54, 1.807) is 0 Å². The lowest BCUT2D eigenvalue weighted by molar-refractivity contribution is -0.277. The summed E-state index contributed by atoms with van der Waals surface area (Å²) in [7, 11) is 0. The van der Waals surface area contributed by atoms with Gasteiger partial charge < -0.3 is 14.6 Å². The molecule has 0 spiro atoms. The van der Waals surface area contributed by atoms with Crippen LogP contribution in [0.1, 0.15) is 52.9 Å². The zero-order valence-corrected chi connectivity index (χ0v) is 12.1. The lowest BCUT2D eigenvalue weighted by Gasteiger charge is -2.40. The molecule has 3 heteroatoms. The van der Waals surface area contributed by atoms with Crippen LogP contribution in [-0.2, 0) is 9.47 Å². The van der Waals surface area contributed by atoms with Gasteiger partial charge in [0, 0.05) is 6.42 Å². The molecule has 1 unspecified atom stereocenters. The Kier molecular flexibility index (Phi) is 4.35. The van der Waals surface area contributed by atoms with E-state index >= 15 is 0 Å². The molecule has 1 N–H and O–H groups in total. The maximum Gasteiger partial charge on any atom is 0.189 e. The molecular formula is C15H28O3. The molecule has 2 aliphatic rings. The predicted molar refractivity (Wildman–Crippen MR) is 71.2 cm³/mol. The first kappa shape index (κ1) is 14.3. The number of aliphatic hydroxyl groups is 1. The van der Waals surface area contributed by atoms with Gasteiger partial charge in [0.15, 0.2) is 5.79 Å². The SMILES string of the molecule is CC(C)(C)C1CCC(CC2(O)COCCO2)CC1. The fourth-order valence-electron chi connectivity index (χ4n) is 3.37. The van der Waals surface area contributed by atoms with Crippen molar-refractivity contribution in [2.75, 3.05) is 19.8 Å². The minimum Gasteiger partial charge on any atom is -0.373 e. The molecule has 106 valence electrons. The van der Waals surface area contributed by atoms with E-state index in [2.05, 4.69) is 20.8 Å². The van der Waals surface area contributed by atoms with E-state index in [1.165, 1.54) is 25.7 Å². The van der Waals surface area contributed by atoms with E-state index < -0.39 is 5.79 Å². The highest BCUT2D eigenvalue weighted by Crippen LogP contribution is 2.42. The van der Waals surface area contributed by atoms with E-state index in [-0.39, 0.29) is 0 Å². The van der Waals surface area contributed by atoms with Gasteiger partial charge in [0.05, 0.1) is 13.2 Å². The summed E-state index contributed by atoms with van der Waals surface area (Å²) >= 11 is 0. The molecule has 1 aliphatic heterocycles. The first-order valence-corrected chi connectivity index (χ1v) is 7.33. The second-order valence-corrected chi connectivity index (χ2v) is 7.14. The summed E-state index contributed by atoms with van der Waals surface area (Å²) in [6, 6.07) is 0. The summed E-state index contributed by atoms with van der Waals surface area (Å²) in [5.74, 6) is 0.402. The summed E-state index contributed by atoms with van der Waals surface area (Å²) in [6.45, 7) is 8.48. The Labute approximate surface area is 111 Å². The zero-order chi connectivity index (χ0) is 13.2. The summed E-state index contributed by atoms with van der Waals surface area (Å²) < 4.78 is 10.8. The van der Waals surface area contributed by atoms with Gasteiger partial charge in [-0.25, -0.2) is 0 Å². The first-order chi connectivity index (χ1) is 8.39. The predicted octanol–water partition coefficient (Wildman–Crippen LogP) is 2.96. The molecule has 18 heavy (non-hydrogen) atoms. The third-order valence-corrected chi connectivity index (χ3v) is 4.61. The van der Waals surface area contributed by atoms with E-state index in [9.17, 15) is 5.11 Å². The lowest BCUT2D eigenvalue weighted by Crippen LogP contribution is -2.45. The minimum absolute atomic E-state index is 0.339. The van der Waals surface area contributed by atoms with Crippen molar-refractivity contribution in [3.05, 3.63) is 0 Å². The van der Waals surface area contributed by atoms with E-state index in [1.807, 2.05) is 0 Å². The molecule has 1 aliphatic carbocycles. The Hall–Kier alpha value is -0.120. The Morgan fingerprint density at radius 3 is 2.28 bits per heavy atom. The van der Waals surface area contributed by atoms with Crippen LogP contribution < -0.4 is 0 Å². The lowest BCUT2D eigenvalue weighted by atomic mass is 9.69. The number of ether oxygens (including phenoxy) is 2. The van der Waals surface area contributed by atoms with E-state index in [0.717, 1.165) is 12.3 Å². The molecular weight excluding hydrogens is 228 g/mol. The highest BCUT2D eigenvalue weighted by Gasteiger charge is 2.37. The van der Waals surface area contributed by atoms with Crippen LogP contribution in [0.5, 0.6) is 0 Å². The van der Waals surface area contributed by atoms with Crippen molar-refractivity contribution in [1.82, 2.24) is 0 Å². The van der Waals surface area contributed by atoms with Crippen molar-refractivity contribution in [3.63, 3.8) is 0 Å². The van der Waals surface area contributed by atoms with Gasteiger partial charge in [-0.2, -0.15) is 0 Å². The fourth-order valence-corrected chi connectivity index (χ4v) is 3.37. The maximum atomic E-state index is 10.3. The van der Waals surface area contributed by atoms with Gasteiger partial charge in [0.1, 0.15) is 6.61 Å². The van der Waals surface area contributed by atoms with Crippen molar-refractivity contribution in [2.24, 2.45) is 17.3 Å². The van der Waals surface area contributed by atoms with Crippen molar-refractivity contribution >= 4 is 0 Å². The average Bonchev–Trinajstić information content (AvgIpc) is 2.29. The molecule has 1 saturated heterocycles. The third kappa shape index (κ3) is 3.69. The first-order valence-electron chi connectivity index (χ1n) is 7.33. The summed E-state index contributed by atoms with van der Waals surface area (Å²) in [4.78, 5) is 0. The maximum absolute atomic E-state index is 10.3. The number of rotatable bonds is 2. The van der Waals surface area contributed by atoms with Gasteiger partial charge in [-0.05, 0) is 42.9 Å². The van der Waals surface area contributed by atoms with Gasteiger partial charge in [-0.15, -0.1) is 0 Å². The van der Waals surface area contributed by atoms with Crippen LogP contribution in [0, 0.1) is 17.3 Å². The van der Waals surface area contributed by atoms with Crippen LogP contribution >= 0.6 is 0 Å². The molecule has 0 aromatic heterocycles. The van der Waals surface area contributed by atoms with Gasteiger partial charge >= 0.3 is 0 Å². The Bertz CT molecular complexity index is 255. The van der Waals surface area contributed by atoms with Crippen LogP contribution in [-0.4, -0.2) is 30.7 Å². The highest BCUT2D eigenvalue weighted by molar-refractivity contribution is 4.83. The molecule has 1 atom stereocenters. The molecule has 3 nitrogen and oxygen atoms in total. The van der Waals surface area contributed by atoms with Crippen LogP contribution in [0.4, 0.5) is 0 Å². The summed E-state index contributed by atoms with van der Waals surface area (Å²) in [5, 5.41) is 10.3. The molecule has 0 amide bonds. The molecule has 0 aromatic carbocycles. The second kappa shape index (κ2) is 5.48. The zero-order valence-electron chi connectivity index (χ0n) is 12.1. The fraction of sp³-hybridized carbons (Fsp3) is 1.00. The molecule has 0 radical (unpaired) electrons. The average molecular weight is 256 g/mol. The largest absolute Gasteiger partial charge is 0.373 e. The monoisotopic (exact) mass is 256 g/mol. The molecule has 1 saturated carbocycles. The Morgan fingerprint density at radius 2 is 1.78 bits per heavy atom. The normalized spacial score (nSPS) is 38.7. The van der Waals surface area contributed by atoms with Crippen LogP contribution in [0.2, 0.25) is 0 Å². The van der Waals surface area contributed by atoms with Crippen LogP contribution in [0.15, 0.2) is 0 Å². The van der Waals surface area contributed by atoms with Gasteiger partial charge in [-0.3, -0.25) is 0 Å². The Balaban J connectivity index is 1.79. The quantitative estimate of drug-likeness (QED) is 0.825. The number of hydrogen-bond acceptors (Lipinski definition) is 3. The Morgan fingerprint density at radius 1 is 1.11 bits per heavy atom. The summed E-state index contributed by atoms with van der Waals surface area (Å²) in [6.07, 6.45) is 5.74. The van der Waals surface area contributed by atoms with Gasteiger partial charge in [-0.1, -0.05) is 20.8 Å². The van der Waals surface area contributed by atoms with E-state index in [0.29, 0.717) is 31.2 Å². The topological polar surface area (TPSA) is 38.7 Å². The van der Waals surface area contributed by atoms with Crippen LogP contribution in [0.25, 0.3) is 0 Å². The molecule has 0 aromatic rings. The molecule has 0 bridgehead atoms. The van der Waals surface area contributed by atoms with Crippen molar-refractivity contribution in [3.8, 4) is 0 Å². The molecule has 2 fully saturated rings. The summed E-state index contributed by atoms with van der Waals surface area (Å²) in [5.41, 5.74) is 0.423. The van der Waals surface area contributed by atoms with E-state index in [4.69, 9.17) is 9.47 Å². The molecule has 1 heterocycles. The second-order valence-electron chi connectivity index (χ2n) is 7.14. The molecule has 2 rings (SSSR count). The van der Waals surface area contributed by atoms with Gasteiger partial charge in [0.25, 0.3) is 0 Å². The van der Waals surface area contributed by atoms with Crippen molar-refractivity contribution in [1.29, 1.82) is 0 Å². The highest BCUT2D eigenvalue weighted by atomic mass is 16.7. The smallest absolute Gasteiger partial charge is 0.189 e. The standard InChI is InChI=1S/C15H28O3/c1-14(2,3)13-6-4-12(5-7-13)10-15(16)11-17-8-9-18-15/h12-13,16H,4-11H2,1-3H3. The minimum atomic E-state index is -1.02. The van der Waals surface area contributed by atoms with Gasteiger partial charge in [0.2, 0.25) is 0 Å².